The second-order valence-electron chi connectivity index (χ2n) is 6.82. The summed E-state index contributed by atoms with van der Waals surface area (Å²) in [7, 11) is 0. The predicted molar refractivity (Wildman–Crippen MR) is 82.4 cm³/mol. The highest BCUT2D eigenvalue weighted by molar-refractivity contribution is 8.00. The van der Waals surface area contributed by atoms with Crippen molar-refractivity contribution in [3.8, 4) is 0 Å². The summed E-state index contributed by atoms with van der Waals surface area (Å²) in [6, 6.07) is 0. The molecule has 1 N–H and O–H groups in total. The van der Waals surface area contributed by atoms with Crippen LogP contribution in [0.2, 0.25) is 0 Å². The number of hydrogen-bond donors (Lipinski definition) is 1. The summed E-state index contributed by atoms with van der Waals surface area (Å²) >= 11 is 2.14. The van der Waals surface area contributed by atoms with Crippen LogP contribution in [0.4, 0.5) is 0 Å². The molecule has 0 aliphatic carbocycles. The molecule has 2 rings (SSSR count). The van der Waals surface area contributed by atoms with Gasteiger partial charge < -0.3 is 10.2 Å². The van der Waals surface area contributed by atoms with Crippen LogP contribution in [0.25, 0.3) is 0 Å². The predicted octanol–water partition coefficient (Wildman–Crippen LogP) is 2.98. The number of hydrogen-bond acceptors (Lipinski definition) is 3. The first kappa shape index (κ1) is 14.7. The van der Waals surface area contributed by atoms with Crippen LogP contribution in [0.3, 0.4) is 0 Å². The molecule has 2 heterocycles. The van der Waals surface area contributed by atoms with Gasteiger partial charge >= 0.3 is 0 Å². The fraction of sp³-hybridized carbons (Fsp3) is 1.00. The minimum Gasteiger partial charge on any atom is -0.317 e. The topological polar surface area (TPSA) is 15.3 Å². The summed E-state index contributed by atoms with van der Waals surface area (Å²) in [6.07, 6.45) is 5.51. The summed E-state index contributed by atoms with van der Waals surface area (Å²) in [5.74, 6) is 1.31. The van der Waals surface area contributed by atoms with Gasteiger partial charge in [0.1, 0.15) is 0 Å². The molecule has 2 aliphatic heterocycles. The third-order valence-corrected chi connectivity index (χ3v) is 5.81. The zero-order valence-corrected chi connectivity index (χ0v) is 13.2. The molecule has 0 spiro atoms. The van der Waals surface area contributed by atoms with Gasteiger partial charge in [-0.05, 0) is 51.6 Å². The molecule has 0 bridgehead atoms. The molecular weight excluding hydrogens is 240 g/mol. The van der Waals surface area contributed by atoms with E-state index >= 15 is 0 Å². The molecule has 0 aromatic carbocycles. The fourth-order valence-corrected chi connectivity index (χ4v) is 4.87. The number of piperidine rings is 1. The molecule has 2 saturated heterocycles. The van der Waals surface area contributed by atoms with E-state index in [-0.39, 0.29) is 0 Å². The van der Waals surface area contributed by atoms with E-state index in [1.807, 2.05) is 0 Å². The third kappa shape index (κ3) is 3.88. The lowest BCUT2D eigenvalue weighted by atomic mass is 9.75. The number of rotatable bonds is 4. The van der Waals surface area contributed by atoms with E-state index in [4.69, 9.17) is 0 Å². The Morgan fingerprint density at radius 3 is 2.56 bits per heavy atom. The number of thioether (sulfide) groups is 1. The fourth-order valence-electron chi connectivity index (χ4n) is 3.70. The smallest absolute Gasteiger partial charge is 0.0231 e. The largest absolute Gasteiger partial charge is 0.317 e. The van der Waals surface area contributed by atoms with Crippen molar-refractivity contribution in [3.05, 3.63) is 0 Å². The van der Waals surface area contributed by atoms with Crippen LogP contribution >= 0.6 is 11.8 Å². The Balaban J connectivity index is 1.95. The van der Waals surface area contributed by atoms with Gasteiger partial charge in [0, 0.05) is 30.1 Å². The molecule has 2 fully saturated rings. The van der Waals surface area contributed by atoms with E-state index in [0.717, 1.165) is 0 Å². The summed E-state index contributed by atoms with van der Waals surface area (Å²) in [4.78, 5) is 2.75. The molecule has 0 saturated carbocycles. The minimum absolute atomic E-state index is 0.457. The highest BCUT2D eigenvalue weighted by atomic mass is 32.2. The van der Waals surface area contributed by atoms with Gasteiger partial charge in [0.05, 0.1) is 0 Å². The highest BCUT2D eigenvalue weighted by Crippen LogP contribution is 2.37. The SMILES string of the molecule is CCCC1(CN2CCSC(C)(C)C2)CCNCC1. The number of nitrogens with zero attached hydrogens (tertiary/aromatic N) is 1. The van der Waals surface area contributed by atoms with Crippen molar-refractivity contribution in [1.82, 2.24) is 10.2 Å². The average molecular weight is 270 g/mol. The molecule has 0 atom stereocenters. The van der Waals surface area contributed by atoms with Crippen molar-refractivity contribution >= 4 is 11.8 Å². The van der Waals surface area contributed by atoms with Gasteiger partial charge in [-0.25, -0.2) is 0 Å². The Kier molecular flexibility index (Phi) is 5.01. The highest BCUT2D eigenvalue weighted by Gasteiger charge is 2.36. The molecule has 18 heavy (non-hydrogen) atoms. The van der Waals surface area contributed by atoms with E-state index in [2.05, 4.69) is 42.7 Å². The zero-order valence-electron chi connectivity index (χ0n) is 12.4. The van der Waals surface area contributed by atoms with Crippen molar-refractivity contribution in [2.24, 2.45) is 5.41 Å². The Morgan fingerprint density at radius 2 is 1.94 bits per heavy atom. The van der Waals surface area contributed by atoms with Gasteiger partial charge in [-0.3, -0.25) is 0 Å². The van der Waals surface area contributed by atoms with Gasteiger partial charge in [0.15, 0.2) is 0 Å². The molecule has 0 aromatic heterocycles. The van der Waals surface area contributed by atoms with Crippen molar-refractivity contribution in [2.45, 2.75) is 51.2 Å². The Labute approximate surface area is 117 Å². The van der Waals surface area contributed by atoms with E-state index < -0.39 is 0 Å². The zero-order chi connectivity index (χ0) is 13.1. The van der Waals surface area contributed by atoms with Crippen LogP contribution in [-0.2, 0) is 0 Å². The maximum Gasteiger partial charge on any atom is 0.0231 e. The summed E-state index contributed by atoms with van der Waals surface area (Å²) < 4.78 is 0.457. The second kappa shape index (κ2) is 6.15. The lowest BCUT2D eigenvalue weighted by molar-refractivity contribution is 0.0975. The molecule has 0 radical (unpaired) electrons. The Bertz CT molecular complexity index is 254. The maximum atomic E-state index is 3.53. The van der Waals surface area contributed by atoms with Gasteiger partial charge in [-0.2, -0.15) is 11.8 Å². The molecular formula is C15H30N2S. The first-order chi connectivity index (χ1) is 8.55. The van der Waals surface area contributed by atoms with Crippen LogP contribution in [-0.4, -0.2) is 48.1 Å². The van der Waals surface area contributed by atoms with E-state index in [0.29, 0.717) is 10.2 Å². The van der Waals surface area contributed by atoms with Crippen LogP contribution in [0, 0.1) is 5.41 Å². The first-order valence-electron chi connectivity index (χ1n) is 7.62. The van der Waals surface area contributed by atoms with Crippen molar-refractivity contribution in [3.63, 3.8) is 0 Å². The standard InChI is InChI=1S/C15H30N2S/c1-4-5-15(6-8-16-9-7-15)13-17-10-11-18-14(2,3)12-17/h16H,4-13H2,1-3H3. The van der Waals surface area contributed by atoms with Crippen LogP contribution < -0.4 is 5.32 Å². The quantitative estimate of drug-likeness (QED) is 0.845. The maximum absolute atomic E-state index is 3.53. The van der Waals surface area contributed by atoms with E-state index in [1.165, 1.54) is 64.2 Å². The van der Waals surface area contributed by atoms with Crippen molar-refractivity contribution in [1.29, 1.82) is 0 Å². The van der Waals surface area contributed by atoms with Gasteiger partial charge in [0.25, 0.3) is 0 Å². The monoisotopic (exact) mass is 270 g/mol. The molecule has 2 nitrogen and oxygen atoms in total. The Morgan fingerprint density at radius 1 is 1.22 bits per heavy atom. The van der Waals surface area contributed by atoms with E-state index in [1.54, 1.807) is 0 Å². The molecule has 3 heteroatoms. The lowest BCUT2D eigenvalue weighted by Crippen LogP contribution is -2.50. The van der Waals surface area contributed by atoms with E-state index in [9.17, 15) is 0 Å². The second-order valence-corrected chi connectivity index (χ2v) is 8.62. The summed E-state index contributed by atoms with van der Waals surface area (Å²) in [5, 5.41) is 3.53. The van der Waals surface area contributed by atoms with Crippen LogP contribution in [0.5, 0.6) is 0 Å². The average Bonchev–Trinajstić information content (AvgIpc) is 2.29. The summed E-state index contributed by atoms with van der Waals surface area (Å²) in [6.45, 7) is 13.5. The molecule has 0 amide bonds. The molecule has 0 aromatic rings. The van der Waals surface area contributed by atoms with Gasteiger partial charge in [-0.15, -0.1) is 0 Å². The third-order valence-electron chi connectivity index (χ3n) is 4.51. The molecule has 106 valence electrons. The number of nitrogens with one attached hydrogen (secondary N) is 1. The van der Waals surface area contributed by atoms with Crippen LogP contribution in [0.1, 0.15) is 46.5 Å². The molecule has 0 unspecified atom stereocenters. The first-order valence-corrected chi connectivity index (χ1v) is 8.61. The van der Waals surface area contributed by atoms with Crippen LogP contribution in [0.15, 0.2) is 0 Å². The Hall–Kier alpha value is 0.270. The summed E-state index contributed by atoms with van der Waals surface area (Å²) in [5.41, 5.74) is 0.609. The van der Waals surface area contributed by atoms with Crippen molar-refractivity contribution in [2.75, 3.05) is 38.5 Å². The lowest BCUT2D eigenvalue weighted by Gasteiger charge is -2.45. The van der Waals surface area contributed by atoms with Crippen molar-refractivity contribution < 1.29 is 0 Å². The minimum atomic E-state index is 0.457. The normalized spacial score (nSPS) is 28.2. The van der Waals surface area contributed by atoms with Gasteiger partial charge in [-0.1, -0.05) is 13.3 Å². The van der Waals surface area contributed by atoms with Gasteiger partial charge in [0.2, 0.25) is 0 Å². The molecule has 2 aliphatic rings.